The van der Waals surface area contributed by atoms with E-state index in [2.05, 4.69) is 4.98 Å². The van der Waals surface area contributed by atoms with Crippen molar-refractivity contribution in [2.75, 3.05) is 13.6 Å². The third-order valence-electron chi connectivity index (χ3n) is 3.69. The molecule has 0 saturated heterocycles. The first kappa shape index (κ1) is 15.5. The van der Waals surface area contributed by atoms with Gasteiger partial charge in [-0.15, -0.1) is 0 Å². The van der Waals surface area contributed by atoms with Crippen LogP contribution in [-0.2, 0) is 11.2 Å². The molecular formula is C16H23N3O2. The number of likely N-dealkylation sites (N-methyl/N-ethyl adjacent to an activating group) is 1. The summed E-state index contributed by atoms with van der Waals surface area (Å²) >= 11 is 0. The average molecular weight is 289 g/mol. The van der Waals surface area contributed by atoms with Crippen LogP contribution in [0.2, 0.25) is 0 Å². The zero-order valence-corrected chi connectivity index (χ0v) is 12.5. The average Bonchev–Trinajstić information content (AvgIpc) is 2.87. The van der Waals surface area contributed by atoms with E-state index in [1.165, 1.54) is 0 Å². The number of rotatable bonds is 6. The summed E-state index contributed by atoms with van der Waals surface area (Å²) in [6.45, 7) is 2.22. The van der Waals surface area contributed by atoms with Crippen molar-refractivity contribution in [3.8, 4) is 0 Å². The minimum atomic E-state index is -0.566. The number of hydrogen-bond acceptors (Lipinski definition) is 3. The van der Waals surface area contributed by atoms with Crippen molar-refractivity contribution >= 4 is 16.8 Å². The van der Waals surface area contributed by atoms with Crippen LogP contribution in [0.1, 0.15) is 18.9 Å². The molecule has 2 unspecified atom stereocenters. The molecule has 4 N–H and O–H groups in total. The van der Waals surface area contributed by atoms with Crippen LogP contribution in [0, 0.1) is 0 Å². The van der Waals surface area contributed by atoms with E-state index >= 15 is 0 Å². The molecule has 2 rings (SSSR count). The summed E-state index contributed by atoms with van der Waals surface area (Å²) < 4.78 is 0. The second-order valence-corrected chi connectivity index (χ2v) is 5.57. The van der Waals surface area contributed by atoms with Crippen LogP contribution in [0.4, 0.5) is 0 Å². The molecule has 1 amide bonds. The number of nitrogens with zero attached hydrogens (tertiary/aromatic N) is 1. The minimum Gasteiger partial charge on any atom is -0.393 e. The normalized spacial score (nSPS) is 14.1. The number of carbonyl (C=O) groups is 1. The van der Waals surface area contributed by atoms with Gasteiger partial charge in [-0.1, -0.05) is 18.2 Å². The molecule has 0 bridgehead atoms. The van der Waals surface area contributed by atoms with Crippen LogP contribution in [0.25, 0.3) is 10.9 Å². The molecule has 0 fully saturated rings. The number of carbonyl (C=O) groups excluding carboxylic acids is 1. The predicted molar refractivity (Wildman–Crippen MR) is 83.9 cm³/mol. The van der Waals surface area contributed by atoms with Gasteiger partial charge in [-0.05, 0) is 31.4 Å². The molecule has 114 valence electrons. The number of amides is 1. The molecule has 0 radical (unpaired) electrons. The number of benzene rings is 1. The van der Waals surface area contributed by atoms with Crippen LogP contribution in [0.3, 0.4) is 0 Å². The first-order valence-electron chi connectivity index (χ1n) is 7.22. The Balaban J connectivity index is 2.00. The number of fused-ring (bicyclic) bond motifs is 1. The van der Waals surface area contributed by atoms with Crippen molar-refractivity contribution in [1.29, 1.82) is 0 Å². The SMILES string of the molecule is CC(O)CCN(C)C(=O)C(N)Cc1c[nH]c2ccccc12. The smallest absolute Gasteiger partial charge is 0.239 e. The highest BCUT2D eigenvalue weighted by Gasteiger charge is 2.19. The van der Waals surface area contributed by atoms with Gasteiger partial charge >= 0.3 is 0 Å². The van der Waals surface area contributed by atoms with Gasteiger partial charge in [0.05, 0.1) is 12.1 Å². The lowest BCUT2D eigenvalue weighted by molar-refractivity contribution is -0.131. The molecule has 0 aliphatic rings. The van der Waals surface area contributed by atoms with E-state index < -0.39 is 12.1 Å². The highest BCUT2D eigenvalue weighted by atomic mass is 16.3. The van der Waals surface area contributed by atoms with E-state index in [1.54, 1.807) is 18.9 Å². The summed E-state index contributed by atoms with van der Waals surface area (Å²) in [5, 5.41) is 10.4. The largest absolute Gasteiger partial charge is 0.393 e. The number of aromatic amines is 1. The molecule has 0 saturated carbocycles. The minimum absolute atomic E-state index is 0.0964. The Kier molecular flexibility index (Phi) is 4.98. The van der Waals surface area contributed by atoms with Crippen molar-refractivity contribution in [2.45, 2.75) is 31.9 Å². The van der Waals surface area contributed by atoms with E-state index in [1.807, 2.05) is 30.5 Å². The van der Waals surface area contributed by atoms with Gasteiger partial charge in [-0.2, -0.15) is 0 Å². The van der Waals surface area contributed by atoms with Gasteiger partial charge in [0.15, 0.2) is 0 Å². The molecule has 0 spiro atoms. The molecule has 1 heterocycles. The topological polar surface area (TPSA) is 82.3 Å². The molecule has 0 aliphatic carbocycles. The van der Waals surface area contributed by atoms with Crippen LogP contribution < -0.4 is 5.73 Å². The van der Waals surface area contributed by atoms with Gasteiger partial charge in [-0.3, -0.25) is 4.79 Å². The fourth-order valence-electron chi connectivity index (χ4n) is 2.40. The molecule has 5 nitrogen and oxygen atoms in total. The lowest BCUT2D eigenvalue weighted by Gasteiger charge is -2.21. The van der Waals surface area contributed by atoms with E-state index in [9.17, 15) is 9.90 Å². The fourth-order valence-corrected chi connectivity index (χ4v) is 2.40. The van der Waals surface area contributed by atoms with Crippen molar-refractivity contribution < 1.29 is 9.90 Å². The Morgan fingerprint density at radius 2 is 2.14 bits per heavy atom. The van der Waals surface area contributed by atoms with Crippen molar-refractivity contribution in [1.82, 2.24) is 9.88 Å². The van der Waals surface area contributed by atoms with Crippen LogP contribution >= 0.6 is 0 Å². The highest BCUT2D eigenvalue weighted by Crippen LogP contribution is 2.19. The zero-order valence-electron chi connectivity index (χ0n) is 12.5. The third kappa shape index (κ3) is 3.83. The highest BCUT2D eigenvalue weighted by molar-refractivity contribution is 5.86. The number of H-pyrrole nitrogens is 1. The lowest BCUT2D eigenvalue weighted by Crippen LogP contribution is -2.43. The van der Waals surface area contributed by atoms with Gasteiger partial charge in [0.2, 0.25) is 5.91 Å². The molecular weight excluding hydrogens is 266 g/mol. The summed E-state index contributed by atoms with van der Waals surface area (Å²) in [5.74, 6) is -0.0964. The first-order chi connectivity index (χ1) is 9.99. The van der Waals surface area contributed by atoms with Crippen molar-refractivity contribution in [2.24, 2.45) is 5.73 Å². The second kappa shape index (κ2) is 6.74. The Labute approximate surface area is 124 Å². The van der Waals surface area contributed by atoms with Gasteiger partial charge in [0.25, 0.3) is 0 Å². The number of aromatic nitrogens is 1. The quantitative estimate of drug-likeness (QED) is 0.749. The molecule has 2 atom stereocenters. The molecule has 0 aliphatic heterocycles. The molecule has 1 aromatic heterocycles. The number of para-hydroxylation sites is 1. The molecule has 21 heavy (non-hydrogen) atoms. The standard InChI is InChI=1S/C16H23N3O2/c1-11(20)7-8-19(2)16(21)14(17)9-12-10-18-15-6-4-3-5-13(12)15/h3-6,10-11,14,18,20H,7-9,17H2,1-2H3. The summed E-state index contributed by atoms with van der Waals surface area (Å²) in [7, 11) is 1.72. The maximum absolute atomic E-state index is 12.2. The number of nitrogens with two attached hydrogens (primary N) is 1. The maximum atomic E-state index is 12.2. The fraction of sp³-hybridized carbons (Fsp3) is 0.438. The number of aliphatic hydroxyl groups is 1. The number of aliphatic hydroxyl groups excluding tert-OH is 1. The van der Waals surface area contributed by atoms with Gasteiger partial charge in [-0.25, -0.2) is 0 Å². The molecule has 5 heteroatoms. The predicted octanol–water partition coefficient (Wildman–Crippen LogP) is 1.27. The summed E-state index contributed by atoms with van der Waals surface area (Å²) in [6, 6.07) is 7.40. The number of hydrogen-bond donors (Lipinski definition) is 3. The monoisotopic (exact) mass is 289 g/mol. The van der Waals surface area contributed by atoms with E-state index in [-0.39, 0.29) is 5.91 Å². The van der Waals surface area contributed by atoms with E-state index in [0.29, 0.717) is 19.4 Å². The summed E-state index contributed by atoms with van der Waals surface area (Å²) in [6.07, 6.45) is 2.56. The Bertz CT molecular complexity index is 606. The van der Waals surface area contributed by atoms with Crippen molar-refractivity contribution in [3.05, 3.63) is 36.0 Å². The van der Waals surface area contributed by atoms with Crippen LogP contribution in [0.5, 0.6) is 0 Å². The first-order valence-corrected chi connectivity index (χ1v) is 7.22. The van der Waals surface area contributed by atoms with Gasteiger partial charge in [0, 0.05) is 30.7 Å². The van der Waals surface area contributed by atoms with Gasteiger partial charge in [0.1, 0.15) is 0 Å². The van der Waals surface area contributed by atoms with Gasteiger partial charge < -0.3 is 20.7 Å². The summed E-state index contributed by atoms with van der Waals surface area (Å²) in [5.41, 5.74) is 8.14. The maximum Gasteiger partial charge on any atom is 0.239 e. The van der Waals surface area contributed by atoms with Crippen LogP contribution in [0.15, 0.2) is 30.5 Å². The van der Waals surface area contributed by atoms with E-state index in [0.717, 1.165) is 16.5 Å². The van der Waals surface area contributed by atoms with E-state index in [4.69, 9.17) is 5.73 Å². The molecule has 2 aromatic rings. The second-order valence-electron chi connectivity index (χ2n) is 5.57. The summed E-state index contributed by atoms with van der Waals surface area (Å²) in [4.78, 5) is 17.0. The Morgan fingerprint density at radius 3 is 2.86 bits per heavy atom. The Hall–Kier alpha value is -1.85. The lowest BCUT2D eigenvalue weighted by atomic mass is 10.0. The molecule has 1 aromatic carbocycles. The van der Waals surface area contributed by atoms with Crippen molar-refractivity contribution in [3.63, 3.8) is 0 Å². The third-order valence-corrected chi connectivity index (χ3v) is 3.69. The zero-order chi connectivity index (χ0) is 15.4. The number of nitrogens with one attached hydrogen (secondary N) is 1. The Morgan fingerprint density at radius 1 is 1.43 bits per heavy atom. The van der Waals surface area contributed by atoms with Crippen LogP contribution in [-0.4, -0.2) is 46.6 Å².